The summed E-state index contributed by atoms with van der Waals surface area (Å²) in [5.74, 6) is 0.626. The van der Waals surface area contributed by atoms with Crippen LogP contribution >= 0.6 is 0 Å². The monoisotopic (exact) mass is 275 g/mol. The van der Waals surface area contributed by atoms with E-state index >= 15 is 0 Å². The van der Waals surface area contributed by atoms with E-state index < -0.39 is 0 Å². The van der Waals surface area contributed by atoms with Crippen LogP contribution in [0.25, 0.3) is 0 Å². The Labute approximate surface area is 116 Å². The molecular formula is C14H29NO4. The fourth-order valence-electron chi connectivity index (χ4n) is 2.36. The molecule has 0 spiro atoms. The highest BCUT2D eigenvalue weighted by Gasteiger charge is 2.19. The Morgan fingerprint density at radius 3 is 2.53 bits per heavy atom. The van der Waals surface area contributed by atoms with Crippen LogP contribution in [0.15, 0.2) is 0 Å². The van der Waals surface area contributed by atoms with Gasteiger partial charge in [0.05, 0.1) is 39.1 Å². The summed E-state index contributed by atoms with van der Waals surface area (Å²) in [5, 5.41) is 13.0. The molecule has 114 valence electrons. The minimum atomic E-state index is -0.0824. The second kappa shape index (κ2) is 11.6. The van der Waals surface area contributed by atoms with Crippen molar-refractivity contribution in [3.63, 3.8) is 0 Å². The molecule has 19 heavy (non-hydrogen) atoms. The number of rotatable bonds is 11. The highest BCUT2D eigenvalue weighted by Crippen LogP contribution is 2.23. The molecule has 0 saturated heterocycles. The topological polar surface area (TPSA) is 60.0 Å². The van der Waals surface area contributed by atoms with Gasteiger partial charge in [0.2, 0.25) is 0 Å². The number of hydrogen-bond acceptors (Lipinski definition) is 5. The highest BCUT2D eigenvalue weighted by molar-refractivity contribution is 4.73. The lowest BCUT2D eigenvalue weighted by Gasteiger charge is -2.25. The third kappa shape index (κ3) is 9.35. The quantitative estimate of drug-likeness (QED) is 0.546. The summed E-state index contributed by atoms with van der Waals surface area (Å²) >= 11 is 0. The van der Waals surface area contributed by atoms with Crippen molar-refractivity contribution in [1.29, 1.82) is 0 Å². The molecular weight excluding hydrogens is 246 g/mol. The summed E-state index contributed by atoms with van der Waals surface area (Å²) in [5.41, 5.74) is 0. The summed E-state index contributed by atoms with van der Waals surface area (Å²) in [4.78, 5) is 0. The first-order chi connectivity index (χ1) is 9.33. The molecule has 0 aromatic carbocycles. The van der Waals surface area contributed by atoms with Crippen LogP contribution in [0.2, 0.25) is 0 Å². The van der Waals surface area contributed by atoms with Crippen molar-refractivity contribution in [3.8, 4) is 0 Å². The smallest absolute Gasteiger partial charge is 0.0701 e. The minimum absolute atomic E-state index is 0.0824. The third-order valence-electron chi connectivity index (χ3n) is 3.42. The van der Waals surface area contributed by atoms with E-state index in [1.54, 1.807) is 7.11 Å². The molecule has 0 heterocycles. The molecule has 0 radical (unpaired) electrons. The van der Waals surface area contributed by atoms with E-state index in [1.807, 2.05) is 0 Å². The Balaban J connectivity index is 1.78. The normalized spacial score (nSPS) is 23.7. The second-order valence-corrected chi connectivity index (χ2v) is 5.11. The molecule has 0 aliphatic heterocycles. The fourth-order valence-corrected chi connectivity index (χ4v) is 2.36. The van der Waals surface area contributed by atoms with E-state index in [1.165, 1.54) is 6.42 Å². The molecule has 0 bridgehead atoms. The van der Waals surface area contributed by atoms with Gasteiger partial charge < -0.3 is 24.6 Å². The van der Waals surface area contributed by atoms with Gasteiger partial charge in [-0.15, -0.1) is 0 Å². The molecule has 1 aliphatic carbocycles. The maximum absolute atomic E-state index is 9.57. The molecule has 2 unspecified atom stereocenters. The molecule has 5 nitrogen and oxygen atoms in total. The van der Waals surface area contributed by atoms with Crippen LogP contribution in [0, 0.1) is 5.92 Å². The standard InChI is InChI=1S/C14H29NO4/c1-17-7-8-19-10-9-18-6-5-15-12-13-3-2-4-14(16)11-13/h13-16H,2-12H2,1H3. The number of hydrogen-bond donors (Lipinski definition) is 2. The lowest BCUT2D eigenvalue weighted by atomic mass is 9.87. The van der Waals surface area contributed by atoms with E-state index in [2.05, 4.69) is 5.32 Å². The third-order valence-corrected chi connectivity index (χ3v) is 3.42. The minimum Gasteiger partial charge on any atom is -0.393 e. The van der Waals surface area contributed by atoms with Gasteiger partial charge in [0, 0.05) is 13.7 Å². The van der Waals surface area contributed by atoms with Crippen LogP contribution in [0.1, 0.15) is 25.7 Å². The number of nitrogens with one attached hydrogen (secondary N) is 1. The molecule has 1 aliphatic rings. The lowest BCUT2D eigenvalue weighted by Crippen LogP contribution is -2.31. The summed E-state index contributed by atoms with van der Waals surface area (Å²) in [6.45, 7) is 5.08. The van der Waals surface area contributed by atoms with Crippen molar-refractivity contribution in [2.24, 2.45) is 5.92 Å². The predicted molar refractivity (Wildman–Crippen MR) is 74.3 cm³/mol. The number of methoxy groups -OCH3 is 1. The van der Waals surface area contributed by atoms with E-state index in [-0.39, 0.29) is 6.10 Å². The SMILES string of the molecule is COCCOCCOCCNCC1CCCC(O)C1. The lowest BCUT2D eigenvalue weighted by molar-refractivity contribution is 0.0252. The Kier molecular flexibility index (Phi) is 10.3. The van der Waals surface area contributed by atoms with E-state index in [0.29, 0.717) is 39.0 Å². The van der Waals surface area contributed by atoms with Gasteiger partial charge >= 0.3 is 0 Å². The van der Waals surface area contributed by atoms with Gasteiger partial charge in [0.15, 0.2) is 0 Å². The summed E-state index contributed by atoms with van der Waals surface area (Å²) in [6, 6.07) is 0. The van der Waals surface area contributed by atoms with Gasteiger partial charge in [-0.25, -0.2) is 0 Å². The van der Waals surface area contributed by atoms with Crippen molar-refractivity contribution in [1.82, 2.24) is 5.32 Å². The number of aliphatic hydroxyl groups is 1. The molecule has 0 aromatic rings. The maximum Gasteiger partial charge on any atom is 0.0701 e. The average molecular weight is 275 g/mol. The first kappa shape index (κ1) is 16.9. The van der Waals surface area contributed by atoms with Crippen LogP contribution in [0.4, 0.5) is 0 Å². The Morgan fingerprint density at radius 1 is 1.05 bits per heavy atom. The van der Waals surface area contributed by atoms with Gasteiger partial charge in [0.25, 0.3) is 0 Å². The number of aliphatic hydroxyl groups excluding tert-OH is 1. The zero-order valence-electron chi connectivity index (χ0n) is 12.1. The van der Waals surface area contributed by atoms with Gasteiger partial charge in [-0.1, -0.05) is 6.42 Å². The van der Waals surface area contributed by atoms with E-state index in [4.69, 9.17) is 14.2 Å². The Morgan fingerprint density at radius 2 is 1.79 bits per heavy atom. The second-order valence-electron chi connectivity index (χ2n) is 5.11. The molecule has 5 heteroatoms. The molecule has 1 rings (SSSR count). The van der Waals surface area contributed by atoms with E-state index in [0.717, 1.165) is 32.4 Å². The van der Waals surface area contributed by atoms with Crippen molar-refractivity contribution in [2.45, 2.75) is 31.8 Å². The first-order valence-electron chi connectivity index (χ1n) is 7.36. The van der Waals surface area contributed by atoms with Crippen LogP contribution < -0.4 is 5.32 Å². The van der Waals surface area contributed by atoms with Gasteiger partial charge in [-0.3, -0.25) is 0 Å². The van der Waals surface area contributed by atoms with Crippen LogP contribution in [0.5, 0.6) is 0 Å². The molecule has 2 atom stereocenters. The summed E-state index contributed by atoms with van der Waals surface area (Å²) < 4.78 is 15.6. The predicted octanol–water partition coefficient (Wildman–Crippen LogP) is 0.807. The Bertz CT molecular complexity index is 204. The summed E-state index contributed by atoms with van der Waals surface area (Å²) in [7, 11) is 1.66. The highest BCUT2D eigenvalue weighted by atomic mass is 16.5. The molecule has 1 fully saturated rings. The zero-order valence-corrected chi connectivity index (χ0v) is 12.1. The molecule has 1 saturated carbocycles. The zero-order chi connectivity index (χ0) is 13.8. The van der Waals surface area contributed by atoms with Gasteiger partial charge in [0.1, 0.15) is 0 Å². The van der Waals surface area contributed by atoms with Crippen LogP contribution in [0.3, 0.4) is 0 Å². The van der Waals surface area contributed by atoms with Crippen molar-refractivity contribution in [2.75, 3.05) is 53.2 Å². The maximum atomic E-state index is 9.57. The van der Waals surface area contributed by atoms with E-state index in [9.17, 15) is 5.11 Å². The Hall–Kier alpha value is -0.200. The van der Waals surface area contributed by atoms with Gasteiger partial charge in [-0.05, 0) is 31.7 Å². The molecule has 0 amide bonds. The van der Waals surface area contributed by atoms with Crippen molar-refractivity contribution >= 4 is 0 Å². The average Bonchev–Trinajstić information content (AvgIpc) is 2.41. The first-order valence-corrected chi connectivity index (χ1v) is 7.36. The van der Waals surface area contributed by atoms with Crippen LogP contribution in [-0.4, -0.2) is 64.4 Å². The molecule has 2 N–H and O–H groups in total. The number of ether oxygens (including phenoxy) is 3. The van der Waals surface area contributed by atoms with Crippen LogP contribution in [-0.2, 0) is 14.2 Å². The van der Waals surface area contributed by atoms with Gasteiger partial charge in [-0.2, -0.15) is 0 Å². The van der Waals surface area contributed by atoms with Crippen molar-refractivity contribution < 1.29 is 19.3 Å². The summed E-state index contributed by atoms with van der Waals surface area (Å²) in [6.07, 6.45) is 4.23. The fraction of sp³-hybridized carbons (Fsp3) is 1.00. The molecule has 0 aromatic heterocycles. The van der Waals surface area contributed by atoms with Crippen molar-refractivity contribution in [3.05, 3.63) is 0 Å². The largest absolute Gasteiger partial charge is 0.393 e.